The Labute approximate surface area is 85.0 Å². The lowest BCUT2D eigenvalue weighted by molar-refractivity contribution is 0.986. The molecule has 7 nitrogen and oxygen atoms in total. The molecule has 0 saturated carbocycles. The van der Waals surface area contributed by atoms with Gasteiger partial charge in [-0.1, -0.05) is 11.8 Å². The highest BCUT2D eigenvalue weighted by molar-refractivity contribution is 7.98. The van der Waals surface area contributed by atoms with E-state index in [9.17, 15) is 0 Å². The molecule has 1 rings (SSSR count). The first-order valence-electron chi connectivity index (χ1n) is 3.61. The van der Waals surface area contributed by atoms with Gasteiger partial charge in [0.05, 0.1) is 0 Å². The topological polar surface area (TPSA) is 142 Å². The van der Waals surface area contributed by atoms with Crippen LogP contribution >= 0.6 is 11.8 Å². The van der Waals surface area contributed by atoms with Crippen molar-refractivity contribution in [2.24, 2.45) is 16.5 Å². The molecule has 1 aromatic heterocycles. The van der Waals surface area contributed by atoms with Crippen molar-refractivity contribution in [3.05, 3.63) is 0 Å². The summed E-state index contributed by atoms with van der Waals surface area (Å²) in [6.07, 6.45) is 1.81. The highest BCUT2D eigenvalue weighted by atomic mass is 32.2. The van der Waals surface area contributed by atoms with Gasteiger partial charge in [-0.2, -0.15) is 0 Å². The van der Waals surface area contributed by atoms with Crippen molar-refractivity contribution in [1.29, 1.82) is 0 Å². The molecule has 0 aliphatic carbocycles. The molecule has 0 aliphatic rings. The smallest absolute Gasteiger partial charge is 0.191 e. The second-order valence-corrected chi connectivity index (χ2v) is 3.14. The summed E-state index contributed by atoms with van der Waals surface area (Å²) in [4.78, 5) is 11.6. The third-order valence-electron chi connectivity index (χ3n) is 1.34. The number of guanidine groups is 1. The number of nitrogens with two attached hydrogens (primary N) is 4. The SMILES string of the molecule is CSc1nc(N)c(N=C(N)N)c(N)n1. The molecule has 8 heteroatoms. The van der Waals surface area contributed by atoms with Crippen LogP contribution in [-0.2, 0) is 0 Å². The molecule has 1 aromatic rings. The fraction of sp³-hybridized carbons (Fsp3) is 0.167. The number of aliphatic imine (C=N–C) groups is 1. The molecule has 0 bridgehead atoms. The van der Waals surface area contributed by atoms with Crippen LogP contribution in [0.25, 0.3) is 0 Å². The van der Waals surface area contributed by atoms with Crippen LogP contribution in [-0.4, -0.2) is 22.2 Å². The predicted octanol–water partition coefficient (Wildman–Crippen LogP) is -0.732. The van der Waals surface area contributed by atoms with Gasteiger partial charge in [-0.15, -0.1) is 0 Å². The molecular formula is C6H11N7S. The van der Waals surface area contributed by atoms with Crippen LogP contribution in [0.1, 0.15) is 0 Å². The zero-order valence-corrected chi connectivity index (χ0v) is 8.38. The van der Waals surface area contributed by atoms with E-state index < -0.39 is 0 Å². The Morgan fingerprint density at radius 3 is 2.07 bits per heavy atom. The van der Waals surface area contributed by atoms with Crippen LogP contribution in [0.4, 0.5) is 17.3 Å². The van der Waals surface area contributed by atoms with E-state index in [1.165, 1.54) is 11.8 Å². The minimum Gasteiger partial charge on any atom is -0.382 e. The number of nitrogen functional groups attached to an aromatic ring is 2. The number of rotatable bonds is 2. The van der Waals surface area contributed by atoms with Gasteiger partial charge in [-0.3, -0.25) is 0 Å². The van der Waals surface area contributed by atoms with Gasteiger partial charge in [0.15, 0.2) is 28.4 Å². The van der Waals surface area contributed by atoms with Crippen molar-refractivity contribution in [2.75, 3.05) is 17.7 Å². The lowest BCUT2D eigenvalue weighted by atomic mass is 10.4. The predicted molar refractivity (Wildman–Crippen MR) is 58.1 cm³/mol. The lowest BCUT2D eigenvalue weighted by Crippen LogP contribution is -2.22. The summed E-state index contributed by atoms with van der Waals surface area (Å²) in [6, 6.07) is 0. The van der Waals surface area contributed by atoms with Crippen LogP contribution in [0.3, 0.4) is 0 Å². The molecule has 0 atom stereocenters. The molecule has 0 amide bonds. The minimum atomic E-state index is -0.135. The Kier molecular flexibility index (Phi) is 2.97. The van der Waals surface area contributed by atoms with Crippen LogP contribution in [0, 0.1) is 0 Å². The third-order valence-corrected chi connectivity index (χ3v) is 1.89. The van der Waals surface area contributed by atoms with E-state index in [0.29, 0.717) is 5.16 Å². The lowest BCUT2D eigenvalue weighted by Gasteiger charge is -2.04. The first kappa shape index (κ1) is 10.4. The summed E-state index contributed by atoms with van der Waals surface area (Å²) in [7, 11) is 0. The molecule has 14 heavy (non-hydrogen) atoms. The molecule has 1 heterocycles. The summed E-state index contributed by atoms with van der Waals surface area (Å²) < 4.78 is 0. The van der Waals surface area contributed by atoms with E-state index >= 15 is 0 Å². The summed E-state index contributed by atoms with van der Waals surface area (Å²) in [5.41, 5.74) is 21.8. The molecule has 0 unspecified atom stereocenters. The van der Waals surface area contributed by atoms with Crippen molar-refractivity contribution in [2.45, 2.75) is 5.16 Å². The normalized spacial score (nSPS) is 9.79. The molecular weight excluding hydrogens is 202 g/mol. The van der Waals surface area contributed by atoms with Crippen molar-refractivity contribution >= 4 is 35.0 Å². The van der Waals surface area contributed by atoms with Gasteiger partial charge in [-0.05, 0) is 6.26 Å². The zero-order valence-electron chi connectivity index (χ0n) is 7.56. The van der Waals surface area contributed by atoms with E-state index in [1.54, 1.807) is 0 Å². The Bertz CT molecular complexity index is 347. The van der Waals surface area contributed by atoms with Crippen LogP contribution in [0.5, 0.6) is 0 Å². The third kappa shape index (κ3) is 2.16. The Morgan fingerprint density at radius 2 is 1.71 bits per heavy atom. The maximum Gasteiger partial charge on any atom is 0.191 e. The Balaban J connectivity index is 3.25. The van der Waals surface area contributed by atoms with Crippen molar-refractivity contribution in [3.8, 4) is 0 Å². The largest absolute Gasteiger partial charge is 0.382 e. The number of anilines is 2. The van der Waals surface area contributed by atoms with E-state index in [-0.39, 0.29) is 23.3 Å². The van der Waals surface area contributed by atoms with Crippen LogP contribution < -0.4 is 22.9 Å². The Morgan fingerprint density at radius 1 is 1.21 bits per heavy atom. The first-order chi connectivity index (χ1) is 6.54. The average molecular weight is 213 g/mol. The van der Waals surface area contributed by atoms with Gasteiger partial charge in [-0.25, -0.2) is 15.0 Å². The Hall–Kier alpha value is -1.70. The monoisotopic (exact) mass is 213 g/mol. The number of hydrogen-bond donors (Lipinski definition) is 4. The van der Waals surface area contributed by atoms with E-state index in [2.05, 4.69) is 15.0 Å². The van der Waals surface area contributed by atoms with Gasteiger partial charge in [0, 0.05) is 0 Å². The van der Waals surface area contributed by atoms with Crippen molar-refractivity contribution in [1.82, 2.24) is 9.97 Å². The average Bonchev–Trinajstić information content (AvgIpc) is 2.10. The molecule has 0 aliphatic heterocycles. The molecule has 0 spiro atoms. The van der Waals surface area contributed by atoms with Gasteiger partial charge in [0.25, 0.3) is 0 Å². The summed E-state index contributed by atoms with van der Waals surface area (Å²) in [6.45, 7) is 0. The summed E-state index contributed by atoms with van der Waals surface area (Å²) >= 11 is 1.33. The van der Waals surface area contributed by atoms with Gasteiger partial charge in [0.1, 0.15) is 0 Å². The summed E-state index contributed by atoms with van der Waals surface area (Å²) in [5.74, 6) is 0.189. The van der Waals surface area contributed by atoms with Crippen LogP contribution in [0.2, 0.25) is 0 Å². The summed E-state index contributed by atoms with van der Waals surface area (Å²) in [5, 5.41) is 0.481. The second kappa shape index (κ2) is 4.01. The highest BCUT2D eigenvalue weighted by Gasteiger charge is 2.08. The quantitative estimate of drug-likeness (QED) is 0.219. The fourth-order valence-corrected chi connectivity index (χ4v) is 1.18. The van der Waals surface area contributed by atoms with E-state index in [1.807, 2.05) is 6.26 Å². The van der Waals surface area contributed by atoms with E-state index in [4.69, 9.17) is 22.9 Å². The van der Waals surface area contributed by atoms with Crippen molar-refractivity contribution < 1.29 is 0 Å². The standard InChI is InChI=1S/C6H11N7S/c1-14-6-12-3(7)2(4(8)13-6)11-5(9)10/h1H3,(H4,9,10,11)(H4,7,8,12,13). The fourth-order valence-electron chi connectivity index (χ4n) is 0.803. The maximum absolute atomic E-state index is 5.58. The molecule has 0 fully saturated rings. The number of nitrogens with zero attached hydrogens (tertiary/aromatic N) is 3. The zero-order chi connectivity index (χ0) is 10.7. The van der Waals surface area contributed by atoms with Crippen molar-refractivity contribution in [3.63, 3.8) is 0 Å². The minimum absolute atomic E-state index is 0.135. The van der Waals surface area contributed by atoms with Crippen LogP contribution in [0.15, 0.2) is 10.1 Å². The van der Waals surface area contributed by atoms with Gasteiger partial charge in [0.2, 0.25) is 0 Å². The molecule has 0 aromatic carbocycles. The molecule has 76 valence electrons. The number of hydrogen-bond acceptors (Lipinski definition) is 6. The van der Waals surface area contributed by atoms with Gasteiger partial charge < -0.3 is 22.9 Å². The highest BCUT2D eigenvalue weighted by Crippen LogP contribution is 2.27. The maximum atomic E-state index is 5.58. The second-order valence-electron chi connectivity index (χ2n) is 2.37. The first-order valence-corrected chi connectivity index (χ1v) is 4.83. The van der Waals surface area contributed by atoms with E-state index in [0.717, 1.165) is 0 Å². The molecule has 8 N–H and O–H groups in total. The number of thioether (sulfide) groups is 1. The van der Waals surface area contributed by atoms with Gasteiger partial charge >= 0.3 is 0 Å². The molecule has 0 radical (unpaired) electrons. The molecule has 0 saturated heterocycles. The number of aromatic nitrogens is 2.